The van der Waals surface area contributed by atoms with Crippen molar-refractivity contribution in [2.45, 2.75) is 211 Å². The lowest BCUT2D eigenvalue weighted by molar-refractivity contribution is -0.302. The van der Waals surface area contributed by atoms with Crippen molar-refractivity contribution in [3.63, 3.8) is 0 Å². The molecule has 1 heterocycles. The van der Waals surface area contributed by atoms with Gasteiger partial charge in [-0.2, -0.15) is 0 Å². The zero-order chi connectivity index (χ0) is 41.6. The second-order valence-electron chi connectivity index (χ2n) is 15.5. The summed E-state index contributed by atoms with van der Waals surface area (Å²) in [5, 5.41) is 54.1. The third-order valence-corrected chi connectivity index (χ3v) is 10.3. The summed E-state index contributed by atoms with van der Waals surface area (Å²) in [6.07, 6.45) is 43.7. The van der Waals surface area contributed by atoms with Gasteiger partial charge in [-0.15, -0.1) is 0 Å². The Hall–Kier alpha value is -2.37. The van der Waals surface area contributed by atoms with Gasteiger partial charge in [0.1, 0.15) is 24.4 Å². The van der Waals surface area contributed by atoms with Crippen LogP contribution in [0.3, 0.4) is 0 Å². The predicted octanol–water partition coefficient (Wildman–Crippen LogP) is 9.39. The first-order chi connectivity index (χ1) is 27.8. The van der Waals surface area contributed by atoms with Crippen LogP contribution in [0, 0.1) is 0 Å². The molecule has 1 saturated heterocycles. The van der Waals surface area contributed by atoms with Crippen molar-refractivity contribution in [2.75, 3.05) is 13.2 Å². The number of aliphatic hydroxyl groups is 5. The van der Waals surface area contributed by atoms with E-state index in [9.17, 15) is 30.3 Å². The molecule has 0 aromatic rings. The van der Waals surface area contributed by atoms with Crippen molar-refractivity contribution in [3.05, 3.63) is 72.9 Å². The maximum Gasteiger partial charge on any atom is 0.220 e. The van der Waals surface area contributed by atoms with Crippen LogP contribution in [0.15, 0.2) is 72.9 Å². The van der Waals surface area contributed by atoms with Crippen LogP contribution in [-0.2, 0) is 14.3 Å². The number of hydrogen-bond donors (Lipinski definition) is 6. The summed E-state index contributed by atoms with van der Waals surface area (Å²) in [4.78, 5) is 12.9. The van der Waals surface area contributed by atoms with Crippen molar-refractivity contribution in [1.82, 2.24) is 5.32 Å². The van der Waals surface area contributed by atoms with E-state index in [2.05, 4.69) is 79.9 Å². The molecule has 7 unspecified atom stereocenters. The Morgan fingerprint density at radius 2 is 1.11 bits per heavy atom. The Morgan fingerprint density at radius 1 is 0.614 bits per heavy atom. The van der Waals surface area contributed by atoms with E-state index < -0.39 is 49.5 Å². The number of hydrogen-bond acceptors (Lipinski definition) is 8. The number of rotatable bonds is 36. The third kappa shape index (κ3) is 28.7. The fourth-order valence-corrected chi connectivity index (χ4v) is 6.63. The van der Waals surface area contributed by atoms with Gasteiger partial charge in [-0.05, 0) is 70.6 Å². The maximum absolute atomic E-state index is 12.9. The van der Waals surface area contributed by atoms with E-state index in [0.717, 1.165) is 77.0 Å². The van der Waals surface area contributed by atoms with Crippen molar-refractivity contribution in [1.29, 1.82) is 0 Å². The van der Waals surface area contributed by atoms with Crippen LogP contribution in [0.4, 0.5) is 0 Å². The van der Waals surface area contributed by atoms with Gasteiger partial charge in [-0.3, -0.25) is 4.79 Å². The first-order valence-electron chi connectivity index (χ1n) is 22.7. The number of nitrogens with one attached hydrogen (secondary N) is 1. The third-order valence-electron chi connectivity index (χ3n) is 10.3. The number of carbonyl (C=O) groups is 1. The van der Waals surface area contributed by atoms with Gasteiger partial charge in [-0.1, -0.05) is 164 Å². The zero-order valence-corrected chi connectivity index (χ0v) is 35.8. The predicted molar refractivity (Wildman–Crippen MR) is 235 cm³/mol. The van der Waals surface area contributed by atoms with Gasteiger partial charge in [0.15, 0.2) is 6.29 Å². The second kappa shape index (κ2) is 37.9. The first-order valence-corrected chi connectivity index (χ1v) is 22.7. The topological polar surface area (TPSA) is 149 Å². The van der Waals surface area contributed by atoms with E-state index in [-0.39, 0.29) is 12.5 Å². The smallest absolute Gasteiger partial charge is 0.220 e. The molecule has 1 aliphatic heterocycles. The fourth-order valence-electron chi connectivity index (χ4n) is 6.63. The molecule has 0 radical (unpaired) electrons. The molecule has 0 aliphatic carbocycles. The minimum Gasteiger partial charge on any atom is -0.394 e. The summed E-state index contributed by atoms with van der Waals surface area (Å²) in [7, 11) is 0. The molecule has 1 fully saturated rings. The quantitative estimate of drug-likeness (QED) is 0.0271. The highest BCUT2D eigenvalue weighted by molar-refractivity contribution is 5.76. The molecule has 1 aliphatic rings. The molecule has 0 aromatic heterocycles. The number of amides is 1. The number of allylic oxidation sites excluding steroid dienone is 11. The summed E-state index contributed by atoms with van der Waals surface area (Å²) in [5.74, 6) is -0.200. The van der Waals surface area contributed by atoms with Crippen LogP contribution in [0.25, 0.3) is 0 Å². The van der Waals surface area contributed by atoms with Crippen LogP contribution in [0.1, 0.15) is 168 Å². The van der Waals surface area contributed by atoms with E-state index >= 15 is 0 Å². The van der Waals surface area contributed by atoms with Crippen molar-refractivity contribution >= 4 is 5.91 Å². The highest BCUT2D eigenvalue weighted by Crippen LogP contribution is 2.22. The largest absolute Gasteiger partial charge is 0.394 e. The lowest BCUT2D eigenvalue weighted by Crippen LogP contribution is -2.60. The Labute approximate surface area is 347 Å². The molecule has 7 atom stereocenters. The van der Waals surface area contributed by atoms with Crippen LogP contribution < -0.4 is 5.32 Å². The SMILES string of the molecule is CC/C=C\C/C=C\C/C=C\C/C=C\CCCCCCCCCCC(=O)NC(COC1OC(CO)C(O)C(O)C1O)C(O)/C=C/CC/C=C/CCCCCCCCC. The minimum atomic E-state index is -1.58. The molecule has 328 valence electrons. The molecule has 0 spiro atoms. The normalized spacial score (nSPS) is 21.7. The maximum atomic E-state index is 12.9. The first kappa shape index (κ1) is 52.6. The van der Waals surface area contributed by atoms with Gasteiger partial charge in [0, 0.05) is 6.42 Å². The standard InChI is InChI=1S/C48H83NO8/c1-3-5-7-9-11-13-15-17-18-19-20-21-22-23-24-26-28-30-32-34-36-38-44(52)49-41(40-56-48-47(55)46(54)45(53)43(39-50)57-48)42(51)37-35-33-31-29-27-25-16-14-12-10-8-6-4-2/h5,7,11,13,17-18,20-21,27,29,35,37,41-43,45-48,50-51,53-55H,3-4,6,8-10,12,14-16,19,22-26,28,30-34,36,38-40H2,1-2H3,(H,49,52)/b7-5-,13-11-,18-17-,21-20-,29-27+,37-35+. The minimum absolute atomic E-state index is 0.200. The van der Waals surface area contributed by atoms with E-state index in [1.54, 1.807) is 6.08 Å². The summed E-state index contributed by atoms with van der Waals surface area (Å²) in [5.41, 5.74) is 0. The van der Waals surface area contributed by atoms with Gasteiger partial charge in [0.05, 0.1) is 25.4 Å². The van der Waals surface area contributed by atoms with Gasteiger partial charge < -0.3 is 40.3 Å². The van der Waals surface area contributed by atoms with Gasteiger partial charge >= 0.3 is 0 Å². The molecule has 9 nitrogen and oxygen atoms in total. The lowest BCUT2D eigenvalue weighted by Gasteiger charge is -2.40. The Morgan fingerprint density at radius 3 is 1.68 bits per heavy atom. The molecule has 57 heavy (non-hydrogen) atoms. The molecule has 1 rings (SSSR count). The van der Waals surface area contributed by atoms with E-state index in [0.29, 0.717) is 6.42 Å². The molecule has 0 aromatic carbocycles. The molecule has 1 amide bonds. The average Bonchev–Trinajstić information content (AvgIpc) is 3.21. The molecule has 6 N–H and O–H groups in total. The number of unbranched alkanes of at least 4 members (excludes halogenated alkanes) is 16. The molecule has 0 bridgehead atoms. The van der Waals surface area contributed by atoms with Crippen LogP contribution >= 0.6 is 0 Å². The zero-order valence-electron chi connectivity index (χ0n) is 35.8. The van der Waals surface area contributed by atoms with E-state index in [4.69, 9.17) is 9.47 Å². The van der Waals surface area contributed by atoms with Crippen LogP contribution in [0.2, 0.25) is 0 Å². The summed E-state index contributed by atoms with van der Waals surface area (Å²) < 4.78 is 11.2. The van der Waals surface area contributed by atoms with Crippen LogP contribution in [0.5, 0.6) is 0 Å². The summed E-state index contributed by atoms with van der Waals surface area (Å²) >= 11 is 0. The van der Waals surface area contributed by atoms with Crippen molar-refractivity contribution in [2.24, 2.45) is 0 Å². The van der Waals surface area contributed by atoms with E-state index in [1.807, 2.05) is 6.08 Å². The molecular weight excluding hydrogens is 719 g/mol. The number of ether oxygens (including phenoxy) is 2. The van der Waals surface area contributed by atoms with Gasteiger partial charge in [-0.25, -0.2) is 0 Å². The second-order valence-corrected chi connectivity index (χ2v) is 15.5. The number of carbonyl (C=O) groups excluding carboxylic acids is 1. The fraction of sp³-hybridized carbons (Fsp3) is 0.729. The summed E-state index contributed by atoms with van der Waals surface area (Å²) in [6.45, 7) is 3.61. The highest BCUT2D eigenvalue weighted by Gasteiger charge is 2.44. The summed E-state index contributed by atoms with van der Waals surface area (Å²) in [6, 6.07) is -0.828. The average molecular weight is 802 g/mol. The molecule has 0 saturated carbocycles. The van der Waals surface area contributed by atoms with Gasteiger partial charge in [0.2, 0.25) is 5.91 Å². The monoisotopic (exact) mass is 802 g/mol. The Bertz CT molecular complexity index is 1120. The molecule has 9 heteroatoms. The molecular formula is C48H83NO8. The Kier molecular flexibility index (Phi) is 35.0. The Balaban J connectivity index is 2.37. The van der Waals surface area contributed by atoms with E-state index in [1.165, 1.54) is 70.6 Å². The van der Waals surface area contributed by atoms with Crippen molar-refractivity contribution in [3.8, 4) is 0 Å². The van der Waals surface area contributed by atoms with Gasteiger partial charge in [0.25, 0.3) is 0 Å². The van der Waals surface area contributed by atoms with Crippen LogP contribution in [-0.4, -0.2) is 87.5 Å². The number of aliphatic hydroxyl groups excluding tert-OH is 5. The lowest BCUT2D eigenvalue weighted by atomic mass is 9.99. The highest BCUT2D eigenvalue weighted by atomic mass is 16.7. The van der Waals surface area contributed by atoms with Crippen molar-refractivity contribution < 1.29 is 39.8 Å².